The second kappa shape index (κ2) is 12.1. The fourth-order valence-electron chi connectivity index (χ4n) is 4.95. The molecule has 38 heavy (non-hydrogen) atoms. The maximum Gasteiger partial charge on any atom is 0.354 e. The molecule has 2 heterocycles. The highest BCUT2D eigenvalue weighted by molar-refractivity contribution is 5.89. The number of hydrogen-bond donors (Lipinski definition) is 4. The van der Waals surface area contributed by atoms with Crippen molar-refractivity contribution in [2.75, 3.05) is 38.0 Å². The van der Waals surface area contributed by atoms with Crippen molar-refractivity contribution in [3.8, 4) is 5.69 Å². The fraction of sp³-hybridized carbons (Fsp3) is 0.556. The quantitative estimate of drug-likeness (QED) is 0.422. The molecule has 2 aromatic rings. The van der Waals surface area contributed by atoms with Crippen molar-refractivity contribution in [1.29, 1.82) is 0 Å². The Morgan fingerprint density at radius 1 is 1.00 bits per heavy atom. The van der Waals surface area contributed by atoms with E-state index in [1.54, 1.807) is 35.9 Å². The van der Waals surface area contributed by atoms with E-state index in [1.807, 2.05) is 24.3 Å². The molecule has 2 aliphatic rings. The van der Waals surface area contributed by atoms with Crippen LogP contribution in [-0.2, 0) is 11.2 Å². The number of urea groups is 1. The van der Waals surface area contributed by atoms with Crippen molar-refractivity contribution in [1.82, 2.24) is 24.7 Å². The molecule has 0 radical (unpaired) electrons. The Labute approximate surface area is 223 Å². The van der Waals surface area contributed by atoms with Crippen molar-refractivity contribution in [2.24, 2.45) is 11.5 Å². The molecule has 0 unspecified atom stereocenters. The first-order valence-corrected chi connectivity index (χ1v) is 13.4. The van der Waals surface area contributed by atoms with Crippen LogP contribution in [0.15, 0.2) is 41.3 Å². The molecule has 0 atom stereocenters. The summed E-state index contributed by atoms with van der Waals surface area (Å²) in [6.45, 7) is 5.81. The molecule has 1 aliphatic heterocycles. The lowest BCUT2D eigenvalue weighted by molar-refractivity contribution is -0.137. The molecule has 2 fully saturated rings. The van der Waals surface area contributed by atoms with Gasteiger partial charge in [0.15, 0.2) is 0 Å². The van der Waals surface area contributed by atoms with Gasteiger partial charge in [-0.3, -0.25) is 14.7 Å². The number of rotatable bonds is 7. The predicted molar refractivity (Wildman–Crippen MR) is 147 cm³/mol. The van der Waals surface area contributed by atoms with Crippen LogP contribution in [-0.4, -0.2) is 81.6 Å². The predicted octanol–water partition coefficient (Wildman–Crippen LogP) is 1.05. The molecule has 1 aliphatic carbocycles. The van der Waals surface area contributed by atoms with Crippen molar-refractivity contribution in [2.45, 2.75) is 63.6 Å². The van der Waals surface area contributed by atoms with Gasteiger partial charge in [0.05, 0.1) is 11.2 Å². The number of aromatic nitrogens is 2. The smallest absolute Gasteiger partial charge is 0.338 e. The van der Waals surface area contributed by atoms with E-state index in [2.05, 4.69) is 15.6 Å². The van der Waals surface area contributed by atoms with E-state index in [-0.39, 0.29) is 17.8 Å². The first kappa shape index (κ1) is 27.7. The number of anilines is 1. The van der Waals surface area contributed by atoms with Gasteiger partial charge in [0.1, 0.15) is 5.82 Å². The second-order valence-electron chi connectivity index (χ2n) is 10.9. The minimum Gasteiger partial charge on any atom is -0.338 e. The Hall–Kier alpha value is -3.28. The lowest BCUT2D eigenvalue weighted by Gasteiger charge is -2.37. The van der Waals surface area contributed by atoms with Gasteiger partial charge >= 0.3 is 11.7 Å². The minimum atomic E-state index is -0.945. The molecular formula is C27H40N8O3. The number of carbonyl (C=O) groups is 2. The maximum atomic E-state index is 12.7. The number of carbonyl (C=O) groups excluding carboxylic acids is 2. The summed E-state index contributed by atoms with van der Waals surface area (Å²) < 4.78 is 1.45. The summed E-state index contributed by atoms with van der Waals surface area (Å²) in [5, 5.41) is 6.31. The monoisotopic (exact) mass is 524 g/mol. The summed E-state index contributed by atoms with van der Waals surface area (Å²) in [6.07, 6.45) is 6.96. The molecule has 4 rings (SSSR count). The molecule has 6 N–H and O–H groups in total. The molecule has 11 heteroatoms. The fourth-order valence-corrected chi connectivity index (χ4v) is 4.95. The van der Waals surface area contributed by atoms with Crippen LogP contribution in [0.25, 0.3) is 5.69 Å². The Balaban J connectivity index is 1.27. The Bertz CT molecular complexity index is 1160. The number of amides is 3. The number of hydrogen-bond acceptors (Lipinski definition) is 7. The SMILES string of the molecule is CC(C)(N)C(=O)N1CCN(C(=O)Nc2ccn(-c3ccc(CCNC4CCC(N)CC4)cc3)c(=O)n2)CC1. The highest BCUT2D eigenvalue weighted by Crippen LogP contribution is 2.17. The van der Waals surface area contributed by atoms with Crippen LogP contribution in [0, 0.1) is 0 Å². The van der Waals surface area contributed by atoms with Crippen molar-refractivity contribution in [3.63, 3.8) is 0 Å². The Morgan fingerprint density at radius 2 is 1.63 bits per heavy atom. The van der Waals surface area contributed by atoms with Gasteiger partial charge < -0.3 is 26.6 Å². The average molecular weight is 525 g/mol. The molecule has 1 saturated heterocycles. The normalized spacial score (nSPS) is 20.3. The van der Waals surface area contributed by atoms with Crippen LogP contribution < -0.4 is 27.8 Å². The molecule has 1 aromatic carbocycles. The van der Waals surface area contributed by atoms with E-state index in [1.165, 1.54) is 10.1 Å². The number of benzene rings is 1. The van der Waals surface area contributed by atoms with E-state index in [0.717, 1.165) is 38.6 Å². The summed E-state index contributed by atoms with van der Waals surface area (Å²) >= 11 is 0. The number of nitrogens with zero attached hydrogens (tertiary/aromatic N) is 4. The summed E-state index contributed by atoms with van der Waals surface area (Å²) in [6, 6.07) is 9.99. The van der Waals surface area contributed by atoms with Crippen molar-refractivity contribution < 1.29 is 9.59 Å². The van der Waals surface area contributed by atoms with E-state index >= 15 is 0 Å². The van der Waals surface area contributed by atoms with Crippen LogP contribution in [0.5, 0.6) is 0 Å². The molecule has 0 spiro atoms. The number of nitrogens with one attached hydrogen (secondary N) is 2. The number of nitrogens with two attached hydrogens (primary N) is 2. The lowest BCUT2D eigenvalue weighted by Crippen LogP contribution is -2.58. The topological polar surface area (TPSA) is 152 Å². The van der Waals surface area contributed by atoms with Gasteiger partial charge in [0.25, 0.3) is 0 Å². The molecular weight excluding hydrogens is 484 g/mol. The zero-order chi connectivity index (χ0) is 27.3. The van der Waals surface area contributed by atoms with Gasteiger partial charge in [-0.05, 0) is 76.3 Å². The summed E-state index contributed by atoms with van der Waals surface area (Å²) in [7, 11) is 0. The zero-order valence-corrected chi connectivity index (χ0v) is 22.4. The Morgan fingerprint density at radius 3 is 2.24 bits per heavy atom. The molecule has 1 aromatic heterocycles. The molecule has 11 nitrogen and oxygen atoms in total. The van der Waals surface area contributed by atoms with Crippen LogP contribution in [0.2, 0.25) is 0 Å². The van der Waals surface area contributed by atoms with E-state index in [0.29, 0.717) is 44.0 Å². The van der Waals surface area contributed by atoms with Gasteiger partial charge in [-0.2, -0.15) is 4.98 Å². The third-order valence-electron chi connectivity index (χ3n) is 7.28. The van der Waals surface area contributed by atoms with Gasteiger partial charge in [-0.1, -0.05) is 12.1 Å². The maximum absolute atomic E-state index is 12.7. The summed E-state index contributed by atoms with van der Waals surface area (Å²) in [5.41, 5.74) is 12.4. The average Bonchev–Trinajstić information content (AvgIpc) is 2.89. The molecule has 3 amide bonds. The van der Waals surface area contributed by atoms with Crippen LogP contribution in [0.3, 0.4) is 0 Å². The standard InChI is InChI=1S/C27H40N8O3/c1-27(2,29)24(36)33-15-17-34(18-16-33)25(37)31-23-12-14-35(26(38)32-23)22-9-3-19(4-10-22)11-13-30-21-7-5-20(28)6-8-21/h3-4,9-10,12,14,20-21,30H,5-8,11,13,15-18,28-29H2,1-2H3,(H,31,32,37,38). The van der Waals surface area contributed by atoms with Gasteiger partial charge in [0, 0.05) is 44.5 Å². The van der Waals surface area contributed by atoms with Crippen molar-refractivity contribution >= 4 is 17.8 Å². The first-order chi connectivity index (χ1) is 18.1. The summed E-state index contributed by atoms with van der Waals surface area (Å²) in [4.78, 5) is 45.0. The molecule has 0 bridgehead atoms. The third-order valence-corrected chi connectivity index (χ3v) is 7.28. The van der Waals surface area contributed by atoms with Gasteiger partial charge in [-0.25, -0.2) is 9.59 Å². The molecule has 206 valence electrons. The number of piperazine rings is 1. The van der Waals surface area contributed by atoms with Crippen LogP contribution in [0.1, 0.15) is 45.1 Å². The second-order valence-corrected chi connectivity index (χ2v) is 10.9. The van der Waals surface area contributed by atoms with Gasteiger partial charge in [0.2, 0.25) is 5.91 Å². The largest absolute Gasteiger partial charge is 0.354 e. The zero-order valence-electron chi connectivity index (χ0n) is 22.4. The first-order valence-electron chi connectivity index (χ1n) is 13.4. The van der Waals surface area contributed by atoms with E-state index in [4.69, 9.17) is 11.5 Å². The van der Waals surface area contributed by atoms with E-state index in [9.17, 15) is 14.4 Å². The van der Waals surface area contributed by atoms with Crippen LogP contribution in [0.4, 0.5) is 10.6 Å². The van der Waals surface area contributed by atoms with E-state index < -0.39 is 11.2 Å². The third kappa shape index (κ3) is 7.18. The highest BCUT2D eigenvalue weighted by atomic mass is 16.2. The van der Waals surface area contributed by atoms with Crippen LogP contribution >= 0.6 is 0 Å². The molecule has 1 saturated carbocycles. The summed E-state index contributed by atoms with van der Waals surface area (Å²) in [5.74, 6) is 0.0433. The minimum absolute atomic E-state index is 0.141. The van der Waals surface area contributed by atoms with Gasteiger partial charge in [-0.15, -0.1) is 0 Å². The highest BCUT2D eigenvalue weighted by Gasteiger charge is 2.31. The lowest BCUT2D eigenvalue weighted by atomic mass is 9.92. The van der Waals surface area contributed by atoms with Crippen molar-refractivity contribution in [3.05, 3.63) is 52.6 Å². The Kier molecular flexibility index (Phi) is 8.80.